The maximum Gasteiger partial charge on any atom is 0.339 e. The SMILES string of the molecule is CC(C)(C)OC(=O)c1ccccc1C(C#N)N=O. The molecule has 0 saturated heterocycles. The molecule has 0 aliphatic rings. The van der Waals surface area contributed by atoms with Crippen LogP contribution in [0.25, 0.3) is 0 Å². The summed E-state index contributed by atoms with van der Waals surface area (Å²) in [6.45, 7) is 5.23. The molecule has 1 aromatic carbocycles. The number of rotatable bonds is 3. The number of carbonyl (C=O) groups excluding carboxylic acids is 1. The molecule has 0 heterocycles. The Hall–Kier alpha value is -2.22. The van der Waals surface area contributed by atoms with E-state index in [0.717, 1.165) is 0 Å². The molecule has 5 nitrogen and oxygen atoms in total. The number of hydrogen-bond acceptors (Lipinski definition) is 5. The number of esters is 1. The third-order valence-electron chi connectivity index (χ3n) is 2.10. The van der Waals surface area contributed by atoms with Crippen molar-refractivity contribution in [1.82, 2.24) is 0 Å². The first-order valence-corrected chi connectivity index (χ1v) is 5.43. The molecule has 1 aromatic rings. The van der Waals surface area contributed by atoms with Crippen molar-refractivity contribution in [1.29, 1.82) is 5.26 Å². The van der Waals surface area contributed by atoms with Gasteiger partial charge in [0, 0.05) is 5.56 Å². The first-order valence-electron chi connectivity index (χ1n) is 5.43. The molecular weight excluding hydrogens is 232 g/mol. The molecule has 0 aliphatic carbocycles. The van der Waals surface area contributed by atoms with Gasteiger partial charge in [-0.15, -0.1) is 4.91 Å². The zero-order valence-electron chi connectivity index (χ0n) is 10.5. The number of nitroso groups, excluding NO2 is 1. The minimum atomic E-state index is -1.20. The first kappa shape index (κ1) is 13.8. The standard InChI is InChI=1S/C13H14N2O3/c1-13(2,3)18-12(16)10-7-5-4-6-9(10)11(8-14)15-17/h4-7,11H,1-3H3. The second kappa shape index (κ2) is 5.41. The van der Waals surface area contributed by atoms with E-state index in [-0.39, 0.29) is 11.1 Å². The van der Waals surface area contributed by atoms with Gasteiger partial charge in [-0.3, -0.25) is 0 Å². The predicted octanol–water partition coefficient (Wildman–Crippen LogP) is 2.97. The van der Waals surface area contributed by atoms with Crippen molar-refractivity contribution in [3.05, 3.63) is 40.3 Å². The number of benzene rings is 1. The van der Waals surface area contributed by atoms with Crippen LogP contribution in [0.1, 0.15) is 42.7 Å². The largest absolute Gasteiger partial charge is 0.456 e. The molecule has 1 atom stereocenters. The average Bonchev–Trinajstić information content (AvgIpc) is 2.29. The maximum absolute atomic E-state index is 11.9. The Morgan fingerprint density at radius 1 is 1.39 bits per heavy atom. The van der Waals surface area contributed by atoms with Gasteiger partial charge in [-0.1, -0.05) is 18.2 Å². The van der Waals surface area contributed by atoms with Crippen LogP contribution in [0.2, 0.25) is 0 Å². The molecule has 0 aliphatic heterocycles. The van der Waals surface area contributed by atoms with Gasteiger partial charge < -0.3 is 4.74 Å². The summed E-state index contributed by atoms with van der Waals surface area (Å²) in [6.07, 6.45) is 0. The third-order valence-corrected chi connectivity index (χ3v) is 2.10. The van der Waals surface area contributed by atoms with E-state index in [4.69, 9.17) is 10.00 Å². The van der Waals surface area contributed by atoms with E-state index in [2.05, 4.69) is 5.18 Å². The molecule has 0 fully saturated rings. The molecule has 0 spiro atoms. The minimum Gasteiger partial charge on any atom is -0.456 e. The van der Waals surface area contributed by atoms with Crippen LogP contribution in [-0.2, 0) is 4.74 Å². The summed E-state index contributed by atoms with van der Waals surface area (Å²) in [4.78, 5) is 22.5. The van der Waals surface area contributed by atoms with Gasteiger partial charge in [0.15, 0.2) is 0 Å². The lowest BCUT2D eigenvalue weighted by Gasteiger charge is -2.20. The molecule has 0 saturated carbocycles. The zero-order valence-corrected chi connectivity index (χ0v) is 10.5. The summed E-state index contributed by atoms with van der Waals surface area (Å²) in [7, 11) is 0. The number of nitrogens with zero attached hydrogens (tertiary/aromatic N) is 2. The number of carbonyl (C=O) groups is 1. The van der Waals surface area contributed by atoms with Gasteiger partial charge in [0.05, 0.1) is 11.6 Å². The monoisotopic (exact) mass is 246 g/mol. The van der Waals surface area contributed by atoms with Crippen molar-refractivity contribution >= 4 is 5.97 Å². The molecule has 5 heteroatoms. The highest BCUT2D eigenvalue weighted by Gasteiger charge is 2.23. The van der Waals surface area contributed by atoms with E-state index < -0.39 is 17.6 Å². The van der Waals surface area contributed by atoms with Crippen molar-refractivity contribution < 1.29 is 9.53 Å². The van der Waals surface area contributed by atoms with Gasteiger partial charge in [-0.25, -0.2) is 4.79 Å². The normalized spacial score (nSPS) is 12.3. The van der Waals surface area contributed by atoms with Crippen LogP contribution in [0.5, 0.6) is 0 Å². The van der Waals surface area contributed by atoms with Crippen LogP contribution >= 0.6 is 0 Å². The number of nitriles is 1. The van der Waals surface area contributed by atoms with Gasteiger partial charge in [0.1, 0.15) is 5.60 Å². The Bertz CT molecular complexity index is 498. The highest BCUT2D eigenvalue weighted by molar-refractivity contribution is 5.91. The van der Waals surface area contributed by atoms with Crippen LogP contribution in [0.4, 0.5) is 0 Å². The fraction of sp³-hybridized carbons (Fsp3) is 0.385. The Morgan fingerprint density at radius 2 is 2.00 bits per heavy atom. The first-order chi connectivity index (χ1) is 8.39. The topological polar surface area (TPSA) is 79.5 Å². The van der Waals surface area contributed by atoms with Gasteiger partial charge in [-0.2, -0.15) is 5.26 Å². The Labute approximate surface area is 105 Å². The predicted molar refractivity (Wildman–Crippen MR) is 65.8 cm³/mol. The van der Waals surface area contributed by atoms with Crippen LogP contribution in [-0.4, -0.2) is 11.6 Å². The lowest BCUT2D eigenvalue weighted by Crippen LogP contribution is -2.24. The maximum atomic E-state index is 11.9. The smallest absolute Gasteiger partial charge is 0.339 e. The fourth-order valence-electron chi connectivity index (χ4n) is 1.40. The number of ether oxygens (including phenoxy) is 1. The minimum absolute atomic E-state index is 0.193. The summed E-state index contributed by atoms with van der Waals surface area (Å²) in [5.41, 5.74) is -0.177. The highest BCUT2D eigenvalue weighted by Crippen LogP contribution is 2.23. The summed E-state index contributed by atoms with van der Waals surface area (Å²) in [5.74, 6) is -0.568. The molecule has 0 aromatic heterocycles. The van der Waals surface area contributed by atoms with Crippen LogP contribution in [0, 0.1) is 16.2 Å². The molecule has 94 valence electrons. The van der Waals surface area contributed by atoms with Crippen LogP contribution in [0.3, 0.4) is 0 Å². The second-order valence-electron chi connectivity index (χ2n) is 4.73. The fourth-order valence-corrected chi connectivity index (χ4v) is 1.40. The summed E-state index contributed by atoms with van der Waals surface area (Å²) < 4.78 is 5.21. The Kier molecular flexibility index (Phi) is 4.16. The highest BCUT2D eigenvalue weighted by atomic mass is 16.6. The van der Waals surface area contributed by atoms with Crippen molar-refractivity contribution in [2.75, 3.05) is 0 Å². The van der Waals surface area contributed by atoms with E-state index in [1.54, 1.807) is 39.0 Å². The molecule has 0 bridgehead atoms. The Morgan fingerprint density at radius 3 is 2.50 bits per heavy atom. The van der Waals surface area contributed by atoms with Crippen molar-refractivity contribution in [2.45, 2.75) is 32.4 Å². The quantitative estimate of drug-likeness (QED) is 0.606. The van der Waals surface area contributed by atoms with Crippen molar-refractivity contribution in [2.24, 2.45) is 5.18 Å². The molecule has 0 amide bonds. The molecule has 0 N–H and O–H groups in total. The third kappa shape index (κ3) is 3.39. The molecule has 0 radical (unpaired) electrons. The van der Waals surface area contributed by atoms with E-state index in [1.165, 1.54) is 12.1 Å². The molecular formula is C13H14N2O3. The summed E-state index contributed by atoms with van der Waals surface area (Å²) in [6, 6.07) is 6.85. The van der Waals surface area contributed by atoms with Crippen LogP contribution < -0.4 is 0 Å². The summed E-state index contributed by atoms with van der Waals surface area (Å²) >= 11 is 0. The molecule has 1 rings (SSSR count). The molecule has 1 unspecified atom stereocenters. The van der Waals surface area contributed by atoms with E-state index >= 15 is 0 Å². The number of hydrogen-bond donors (Lipinski definition) is 0. The summed E-state index contributed by atoms with van der Waals surface area (Å²) in [5, 5.41) is 11.5. The van der Waals surface area contributed by atoms with Gasteiger partial charge in [0.25, 0.3) is 0 Å². The van der Waals surface area contributed by atoms with Gasteiger partial charge >= 0.3 is 5.97 Å². The van der Waals surface area contributed by atoms with Gasteiger partial charge in [-0.05, 0) is 32.0 Å². The Balaban J connectivity index is 3.14. The van der Waals surface area contributed by atoms with Crippen LogP contribution in [0.15, 0.2) is 29.4 Å². The van der Waals surface area contributed by atoms with E-state index in [9.17, 15) is 9.70 Å². The van der Waals surface area contributed by atoms with Crippen molar-refractivity contribution in [3.63, 3.8) is 0 Å². The van der Waals surface area contributed by atoms with E-state index in [0.29, 0.717) is 0 Å². The molecule has 18 heavy (non-hydrogen) atoms. The zero-order chi connectivity index (χ0) is 13.8. The lowest BCUT2D eigenvalue weighted by molar-refractivity contribution is 0.00681. The van der Waals surface area contributed by atoms with Crippen molar-refractivity contribution in [3.8, 4) is 6.07 Å². The van der Waals surface area contributed by atoms with E-state index in [1.807, 2.05) is 0 Å². The average molecular weight is 246 g/mol. The second-order valence-corrected chi connectivity index (χ2v) is 4.73. The lowest BCUT2D eigenvalue weighted by atomic mass is 10.0. The van der Waals surface area contributed by atoms with Gasteiger partial charge in [0.2, 0.25) is 6.04 Å².